The number of ether oxygens (including phenoxy) is 1. The first-order chi connectivity index (χ1) is 10.7. The van der Waals surface area contributed by atoms with E-state index in [1.165, 1.54) is 5.56 Å². The minimum Gasteiger partial charge on any atom is -0.473 e. The van der Waals surface area contributed by atoms with Gasteiger partial charge in [0.15, 0.2) is 6.73 Å². The summed E-state index contributed by atoms with van der Waals surface area (Å²) in [5, 5.41) is 2.73. The highest BCUT2D eigenvalue weighted by Gasteiger charge is 2.19. The summed E-state index contributed by atoms with van der Waals surface area (Å²) in [5.74, 6) is 0.742. The van der Waals surface area contributed by atoms with Gasteiger partial charge in [-0.05, 0) is 24.1 Å². The van der Waals surface area contributed by atoms with Crippen LogP contribution < -0.4 is 10.1 Å². The molecule has 6 nitrogen and oxygen atoms in total. The summed E-state index contributed by atoms with van der Waals surface area (Å²) in [6.07, 6.45) is 3.00. The Morgan fingerprint density at radius 1 is 1.23 bits per heavy atom. The molecule has 0 atom stereocenters. The quantitative estimate of drug-likeness (QED) is 0.639. The van der Waals surface area contributed by atoms with Gasteiger partial charge in [0.25, 0.3) is 0 Å². The third-order valence-electron chi connectivity index (χ3n) is 3.67. The van der Waals surface area contributed by atoms with Crippen LogP contribution in [0, 0.1) is 0 Å². The van der Waals surface area contributed by atoms with Crippen molar-refractivity contribution in [1.82, 2.24) is 15.1 Å². The Bertz CT molecular complexity index is 482. The molecule has 0 aromatic heterocycles. The molecule has 1 aromatic rings. The molecule has 1 heterocycles. The molecule has 6 heteroatoms. The predicted octanol–water partition coefficient (Wildman–Crippen LogP) is 1.46. The number of hydrogen-bond acceptors (Lipinski definition) is 3. The molecule has 0 spiro atoms. The topological polar surface area (TPSA) is 61.9 Å². The monoisotopic (exact) mass is 305 g/mol. The molecule has 1 aliphatic rings. The minimum absolute atomic E-state index is 0.139. The van der Waals surface area contributed by atoms with Gasteiger partial charge in [-0.3, -0.25) is 4.79 Å². The van der Waals surface area contributed by atoms with E-state index in [2.05, 4.69) is 12.2 Å². The van der Waals surface area contributed by atoms with Crippen LogP contribution in [-0.2, 0) is 11.2 Å². The molecule has 0 radical (unpaired) electrons. The minimum atomic E-state index is -0.159. The standard InChI is InChI=1S/C16H23N3O3/c1-2-3-14-4-6-15(7-5-14)22-12-17-16(21)19-10-8-18(13-20)9-11-19/h4-7,13H,2-3,8-12H2,1H3,(H,17,21). The number of hydrogen-bond donors (Lipinski definition) is 1. The van der Waals surface area contributed by atoms with E-state index >= 15 is 0 Å². The van der Waals surface area contributed by atoms with E-state index in [9.17, 15) is 9.59 Å². The number of carbonyl (C=O) groups is 2. The summed E-state index contributed by atoms with van der Waals surface area (Å²) in [4.78, 5) is 25.9. The van der Waals surface area contributed by atoms with E-state index in [0.717, 1.165) is 25.0 Å². The van der Waals surface area contributed by atoms with Gasteiger partial charge in [-0.2, -0.15) is 0 Å². The first-order valence-corrected chi connectivity index (χ1v) is 7.66. The van der Waals surface area contributed by atoms with Crippen LogP contribution in [0.4, 0.5) is 4.79 Å². The van der Waals surface area contributed by atoms with Crippen LogP contribution >= 0.6 is 0 Å². The lowest BCUT2D eigenvalue weighted by atomic mass is 10.1. The van der Waals surface area contributed by atoms with Crippen molar-refractivity contribution in [3.63, 3.8) is 0 Å². The summed E-state index contributed by atoms with van der Waals surface area (Å²) in [5.41, 5.74) is 1.28. The van der Waals surface area contributed by atoms with Gasteiger partial charge >= 0.3 is 6.03 Å². The van der Waals surface area contributed by atoms with E-state index in [0.29, 0.717) is 26.2 Å². The largest absolute Gasteiger partial charge is 0.473 e. The Balaban J connectivity index is 1.69. The van der Waals surface area contributed by atoms with Crippen LogP contribution in [0.15, 0.2) is 24.3 Å². The van der Waals surface area contributed by atoms with Gasteiger partial charge in [0.1, 0.15) is 5.75 Å². The van der Waals surface area contributed by atoms with Crippen molar-refractivity contribution in [1.29, 1.82) is 0 Å². The molecule has 0 aliphatic carbocycles. The zero-order valence-corrected chi connectivity index (χ0v) is 13.0. The Morgan fingerprint density at radius 3 is 2.50 bits per heavy atom. The third-order valence-corrected chi connectivity index (χ3v) is 3.67. The van der Waals surface area contributed by atoms with Gasteiger partial charge in [0, 0.05) is 26.2 Å². The molecule has 1 saturated heterocycles. The van der Waals surface area contributed by atoms with Crippen molar-refractivity contribution in [2.45, 2.75) is 19.8 Å². The maximum atomic E-state index is 12.0. The molecule has 120 valence electrons. The van der Waals surface area contributed by atoms with Gasteiger partial charge < -0.3 is 19.9 Å². The van der Waals surface area contributed by atoms with Crippen LogP contribution in [0.3, 0.4) is 0 Å². The SMILES string of the molecule is CCCc1ccc(OCNC(=O)N2CCN(C=O)CC2)cc1. The molecule has 1 aromatic carbocycles. The number of piperazine rings is 1. The second-order valence-corrected chi connectivity index (χ2v) is 5.29. The molecule has 0 bridgehead atoms. The first kappa shape index (κ1) is 16.1. The molecule has 22 heavy (non-hydrogen) atoms. The van der Waals surface area contributed by atoms with Crippen LogP contribution in [0.25, 0.3) is 0 Å². The van der Waals surface area contributed by atoms with Crippen LogP contribution in [-0.4, -0.2) is 55.2 Å². The Hall–Kier alpha value is -2.24. The first-order valence-electron chi connectivity index (χ1n) is 7.66. The van der Waals surface area contributed by atoms with E-state index in [-0.39, 0.29) is 12.8 Å². The van der Waals surface area contributed by atoms with E-state index in [1.807, 2.05) is 24.3 Å². The van der Waals surface area contributed by atoms with Gasteiger partial charge in [0.2, 0.25) is 6.41 Å². The van der Waals surface area contributed by atoms with E-state index in [4.69, 9.17) is 4.74 Å². The fourth-order valence-corrected chi connectivity index (χ4v) is 2.36. The van der Waals surface area contributed by atoms with Gasteiger partial charge in [-0.15, -0.1) is 0 Å². The predicted molar refractivity (Wildman–Crippen MR) is 83.7 cm³/mol. The summed E-state index contributed by atoms with van der Waals surface area (Å²) in [7, 11) is 0. The van der Waals surface area contributed by atoms with Crippen LogP contribution in [0.5, 0.6) is 5.75 Å². The molecular weight excluding hydrogens is 282 g/mol. The Morgan fingerprint density at radius 2 is 1.91 bits per heavy atom. The lowest BCUT2D eigenvalue weighted by Crippen LogP contribution is -2.51. The molecule has 0 unspecified atom stereocenters. The number of amides is 3. The second kappa shape index (κ2) is 8.26. The molecule has 3 amide bonds. The highest BCUT2D eigenvalue weighted by Crippen LogP contribution is 2.13. The summed E-state index contributed by atoms with van der Waals surface area (Å²) >= 11 is 0. The smallest absolute Gasteiger partial charge is 0.320 e. The molecule has 0 saturated carbocycles. The molecular formula is C16H23N3O3. The second-order valence-electron chi connectivity index (χ2n) is 5.29. The zero-order chi connectivity index (χ0) is 15.8. The van der Waals surface area contributed by atoms with Crippen LogP contribution in [0.1, 0.15) is 18.9 Å². The fourth-order valence-electron chi connectivity index (χ4n) is 2.36. The third kappa shape index (κ3) is 4.65. The lowest BCUT2D eigenvalue weighted by molar-refractivity contribution is -0.119. The average molecular weight is 305 g/mol. The summed E-state index contributed by atoms with van der Waals surface area (Å²) < 4.78 is 5.52. The number of carbonyl (C=O) groups excluding carboxylic acids is 2. The average Bonchev–Trinajstić information content (AvgIpc) is 2.56. The Kier molecular flexibility index (Phi) is 6.06. The van der Waals surface area contributed by atoms with Crippen molar-refractivity contribution in [3.8, 4) is 5.75 Å². The van der Waals surface area contributed by atoms with Crippen LogP contribution in [0.2, 0.25) is 0 Å². The maximum Gasteiger partial charge on any atom is 0.320 e. The molecule has 1 aliphatic heterocycles. The van der Waals surface area contributed by atoms with Crippen molar-refractivity contribution in [3.05, 3.63) is 29.8 Å². The van der Waals surface area contributed by atoms with Gasteiger partial charge in [-0.25, -0.2) is 4.79 Å². The van der Waals surface area contributed by atoms with Gasteiger partial charge in [-0.1, -0.05) is 25.5 Å². The van der Waals surface area contributed by atoms with Crippen molar-refractivity contribution < 1.29 is 14.3 Å². The highest BCUT2D eigenvalue weighted by atomic mass is 16.5. The number of nitrogens with one attached hydrogen (secondary N) is 1. The maximum absolute atomic E-state index is 12.0. The summed E-state index contributed by atoms with van der Waals surface area (Å²) in [6.45, 7) is 4.55. The molecule has 2 rings (SSSR count). The number of aryl methyl sites for hydroxylation is 1. The van der Waals surface area contributed by atoms with Crippen molar-refractivity contribution in [2.75, 3.05) is 32.9 Å². The number of rotatable bonds is 6. The van der Waals surface area contributed by atoms with Crippen molar-refractivity contribution in [2.24, 2.45) is 0 Å². The fraction of sp³-hybridized carbons (Fsp3) is 0.500. The molecule has 1 N–H and O–H groups in total. The lowest BCUT2D eigenvalue weighted by Gasteiger charge is -2.32. The highest BCUT2D eigenvalue weighted by molar-refractivity contribution is 5.74. The number of benzene rings is 1. The van der Waals surface area contributed by atoms with Crippen molar-refractivity contribution >= 4 is 12.4 Å². The number of nitrogens with zero attached hydrogens (tertiary/aromatic N) is 2. The molecule has 1 fully saturated rings. The Labute approximate surface area is 131 Å². The van der Waals surface area contributed by atoms with Gasteiger partial charge in [0.05, 0.1) is 0 Å². The van der Waals surface area contributed by atoms with E-state index < -0.39 is 0 Å². The number of urea groups is 1. The van der Waals surface area contributed by atoms with E-state index in [1.54, 1.807) is 9.80 Å². The summed E-state index contributed by atoms with van der Waals surface area (Å²) in [6, 6.07) is 7.76. The normalized spacial score (nSPS) is 14.6. The zero-order valence-electron chi connectivity index (χ0n) is 13.0.